The van der Waals surface area contributed by atoms with Crippen molar-refractivity contribution < 1.29 is 4.42 Å². The van der Waals surface area contributed by atoms with Crippen molar-refractivity contribution in [2.75, 3.05) is 14.7 Å². The Morgan fingerprint density at radius 2 is 0.500 bits per heavy atom. The highest BCUT2D eigenvalue weighted by molar-refractivity contribution is 6.13. The summed E-state index contributed by atoms with van der Waals surface area (Å²) < 4.78 is 11.3. The van der Waals surface area contributed by atoms with Gasteiger partial charge in [-0.3, -0.25) is 0 Å². The minimum Gasteiger partial charge on any atom is -0.455 e. The highest BCUT2D eigenvalue weighted by Crippen LogP contribution is 2.45. The fourth-order valence-corrected chi connectivity index (χ4v) is 14.4. The van der Waals surface area contributed by atoms with E-state index in [-0.39, 0.29) is 0 Å². The number of benzene rings is 15. The first-order chi connectivity index (χ1) is 47.6. The average molecular weight is 1230 g/mol. The molecule has 0 aliphatic heterocycles. The predicted molar refractivity (Wildman–Crippen MR) is 403 cm³/mol. The lowest BCUT2D eigenvalue weighted by atomic mass is 10.0. The molecule has 0 amide bonds. The molecule has 0 aliphatic rings. The quantitative estimate of drug-likeness (QED) is 0.109. The lowest BCUT2D eigenvalue weighted by Crippen LogP contribution is -2.10. The molecule has 0 radical (unpaired) electrons. The van der Waals surface area contributed by atoms with E-state index in [1.165, 1.54) is 43.6 Å². The minimum atomic E-state index is 0.889. The summed E-state index contributed by atoms with van der Waals surface area (Å²) in [4.78, 5) is 7.06. The molecule has 18 aromatic rings. The van der Waals surface area contributed by atoms with Crippen LogP contribution in [-0.2, 0) is 0 Å². The van der Waals surface area contributed by atoms with Gasteiger partial charge in [0.25, 0.3) is 0 Å². The second kappa shape index (κ2) is 23.7. The van der Waals surface area contributed by atoms with Crippen molar-refractivity contribution in [3.8, 4) is 44.8 Å². The largest absolute Gasteiger partial charge is 0.455 e. The smallest absolute Gasteiger partial charge is 0.143 e. The van der Waals surface area contributed by atoms with Crippen LogP contribution in [0.25, 0.3) is 110 Å². The number of hydrogen-bond donors (Lipinski definition) is 0. The first kappa shape index (κ1) is 55.9. The number of rotatable bonds is 14. The summed E-state index contributed by atoms with van der Waals surface area (Å²) in [5.74, 6) is 0. The molecule has 6 nitrogen and oxygen atoms in total. The Kier molecular flexibility index (Phi) is 13.8. The van der Waals surface area contributed by atoms with Crippen LogP contribution in [0.5, 0.6) is 0 Å². The van der Waals surface area contributed by atoms with E-state index in [4.69, 9.17) is 4.42 Å². The SMILES string of the molecule is c1ccc(N(c2ccc(-c3ccc(N(c4ccc(-c5ccc(N(c6ccccc6)c6ccc7c(c6)c6ccccc6n7-c6ccccc6)cc5)cc4)c4ccc(-c5cccc6c5oc5ccccc56)cc4)cc3)cc2)c2ccc3c(c2)c2ccccc2n3-c2ccccc2)cc1. The maximum absolute atomic E-state index is 6.53. The summed E-state index contributed by atoms with van der Waals surface area (Å²) in [6.45, 7) is 0. The molecule has 452 valence electrons. The van der Waals surface area contributed by atoms with Gasteiger partial charge in [0.1, 0.15) is 11.2 Å². The molecule has 6 heteroatoms. The highest BCUT2D eigenvalue weighted by Gasteiger charge is 2.22. The molecule has 96 heavy (non-hydrogen) atoms. The van der Waals surface area contributed by atoms with Crippen LogP contribution in [-0.4, -0.2) is 9.13 Å². The molecule has 0 saturated heterocycles. The van der Waals surface area contributed by atoms with E-state index in [1.54, 1.807) is 0 Å². The zero-order valence-corrected chi connectivity index (χ0v) is 52.4. The normalized spacial score (nSPS) is 11.5. The lowest BCUT2D eigenvalue weighted by molar-refractivity contribution is 0.670. The van der Waals surface area contributed by atoms with Gasteiger partial charge < -0.3 is 28.3 Å². The number of nitrogens with zero attached hydrogens (tertiary/aromatic N) is 5. The van der Waals surface area contributed by atoms with Crippen molar-refractivity contribution in [2.45, 2.75) is 0 Å². The Labute approximate surface area is 556 Å². The Hall–Kier alpha value is -12.9. The van der Waals surface area contributed by atoms with E-state index in [0.29, 0.717) is 0 Å². The van der Waals surface area contributed by atoms with Crippen LogP contribution in [0.3, 0.4) is 0 Å². The molecular formula is C90H61N5O. The van der Waals surface area contributed by atoms with Crippen LogP contribution in [0.15, 0.2) is 374 Å². The summed E-state index contributed by atoms with van der Waals surface area (Å²) >= 11 is 0. The second-order valence-corrected chi connectivity index (χ2v) is 24.5. The van der Waals surface area contributed by atoms with E-state index in [1.807, 2.05) is 12.1 Å². The second-order valence-electron chi connectivity index (χ2n) is 24.5. The van der Waals surface area contributed by atoms with E-state index >= 15 is 0 Å². The minimum absolute atomic E-state index is 0.889. The Bertz CT molecular complexity index is 5560. The van der Waals surface area contributed by atoms with Crippen molar-refractivity contribution in [3.05, 3.63) is 370 Å². The zero-order chi connectivity index (χ0) is 63.5. The third-order valence-electron chi connectivity index (χ3n) is 18.9. The fraction of sp³-hybridized carbons (Fsp3) is 0. The van der Waals surface area contributed by atoms with Gasteiger partial charge in [-0.2, -0.15) is 0 Å². The first-order valence-corrected chi connectivity index (χ1v) is 32.7. The number of aromatic nitrogens is 2. The van der Waals surface area contributed by atoms with Crippen molar-refractivity contribution in [3.63, 3.8) is 0 Å². The summed E-state index contributed by atoms with van der Waals surface area (Å²) in [5.41, 5.74) is 25.1. The third kappa shape index (κ3) is 9.83. The maximum atomic E-state index is 6.53. The summed E-state index contributed by atoms with van der Waals surface area (Å²) in [6, 6.07) is 133. The van der Waals surface area contributed by atoms with E-state index < -0.39 is 0 Å². The third-order valence-corrected chi connectivity index (χ3v) is 18.9. The van der Waals surface area contributed by atoms with E-state index in [0.717, 1.165) is 118 Å². The van der Waals surface area contributed by atoms with E-state index in [9.17, 15) is 0 Å². The molecule has 0 atom stereocenters. The number of furan rings is 1. The molecule has 0 saturated carbocycles. The molecule has 0 N–H and O–H groups in total. The number of para-hydroxylation sites is 8. The molecule has 0 spiro atoms. The summed E-state index contributed by atoms with van der Waals surface area (Å²) in [6.07, 6.45) is 0. The molecule has 18 rings (SSSR count). The van der Waals surface area contributed by atoms with Crippen molar-refractivity contribution in [1.29, 1.82) is 0 Å². The van der Waals surface area contributed by atoms with Gasteiger partial charge in [0, 0.05) is 100 Å². The van der Waals surface area contributed by atoms with Gasteiger partial charge in [0.15, 0.2) is 0 Å². The highest BCUT2D eigenvalue weighted by atomic mass is 16.3. The van der Waals surface area contributed by atoms with Gasteiger partial charge >= 0.3 is 0 Å². The molecule has 0 bridgehead atoms. The Morgan fingerprint density at radius 3 is 0.917 bits per heavy atom. The van der Waals surface area contributed by atoms with Gasteiger partial charge in [0.05, 0.1) is 22.1 Å². The Balaban J connectivity index is 0.673. The maximum Gasteiger partial charge on any atom is 0.143 e. The molecular weight excluding hydrogens is 1170 g/mol. The van der Waals surface area contributed by atoms with Crippen LogP contribution in [0.1, 0.15) is 0 Å². The van der Waals surface area contributed by atoms with Crippen molar-refractivity contribution in [1.82, 2.24) is 9.13 Å². The molecule has 3 heterocycles. The molecule has 0 unspecified atom stereocenters. The molecule has 15 aromatic carbocycles. The van der Waals surface area contributed by atoms with Gasteiger partial charge in [-0.15, -0.1) is 0 Å². The van der Waals surface area contributed by atoms with Gasteiger partial charge in [-0.1, -0.05) is 206 Å². The van der Waals surface area contributed by atoms with Gasteiger partial charge in [0.2, 0.25) is 0 Å². The number of hydrogen-bond acceptors (Lipinski definition) is 4. The fourth-order valence-electron chi connectivity index (χ4n) is 14.4. The summed E-state index contributed by atoms with van der Waals surface area (Å²) in [7, 11) is 0. The van der Waals surface area contributed by atoms with Crippen LogP contribution in [0.4, 0.5) is 51.2 Å². The van der Waals surface area contributed by atoms with E-state index in [2.05, 4.69) is 382 Å². The predicted octanol–water partition coefficient (Wildman–Crippen LogP) is 25.2. The van der Waals surface area contributed by atoms with Crippen molar-refractivity contribution in [2.24, 2.45) is 0 Å². The van der Waals surface area contributed by atoms with Crippen LogP contribution in [0.2, 0.25) is 0 Å². The van der Waals surface area contributed by atoms with Gasteiger partial charge in [-0.05, 0) is 192 Å². The average Bonchev–Trinajstić information content (AvgIpc) is 1.67. The molecule has 3 aromatic heterocycles. The van der Waals surface area contributed by atoms with Crippen LogP contribution >= 0.6 is 0 Å². The van der Waals surface area contributed by atoms with Crippen LogP contribution in [0, 0.1) is 0 Å². The van der Waals surface area contributed by atoms with Gasteiger partial charge in [-0.25, -0.2) is 0 Å². The number of fused-ring (bicyclic) bond motifs is 9. The molecule has 0 aliphatic carbocycles. The van der Waals surface area contributed by atoms with Crippen molar-refractivity contribution >= 4 is 117 Å². The topological polar surface area (TPSA) is 32.7 Å². The monoisotopic (exact) mass is 1230 g/mol. The lowest BCUT2D eigenvalue weighted by Gasteiger charge is -2.27. The number of anilines is 9. The summed E-state index contributed by atoms with van der Waals surface area (Å²) in [5, 5.41) is 7.09. The standard InChI is InChI=1S/C90H61N5O/c1-5-20-67(21-6-1)92(76-56-58-87-83(60-76)79-28-13-16-33-85(79)94(87)69-24-9-3-10-25-69)74-50-40-64(41-51-74)62-36-46-71(47-37-62)91(73-54-44-66(45-55-73)78-31-19-32-82-81-30-15-18-35-89(81)96-90(78)82)72-48-38-63(39-49-72)65-42-52-75(53-43-65)93(68-22-7-2-8-23-68)77-57-59-88-84(61-77)80-29-14-17-34-86(80)95(88)70-26-11-4-12-27-70/h1-61H. The zero-order valence-electron chi connectivity index (χ0n) is 52.4. The first-order valence-electron chi connectivity index (χ1n) is 32.7. The van der Waals surface area contributed by atoms with Crippen LogP contribution < -0.4 is 14.7 Å². The Morgan fingerprint density at radius 1 is 0.198 bits per heavy atom. The molecule has 0 fully saturated rings.